The molecule has 0 bridgehead atoms. The van der Waals surface area contributed by atoms with Gasteiger partial charge in [-0.1, -0.05) is 19.1 Å². The largest absolute Gasteiger partial charge is 0.395 e. The monoisotopic (exact) mass is 268 g/mol. The molecule has 0 atom stereocenters. The third-order valence-electron chi connectivity index (χ3n) is 2.55. The zero-order chi connectivity index (χ0) is 13.6. The summed E-state index contributed by atoms with van der Waals surface area (Å²) in [5, 5.41) is 17.4. The van der Waals surface area contributed by atoms with Crippen molar-refractivity contribution in [1.82, 2.24) is 4.31 Å². The van der Waals surface area contributed by atoms with Crippen LogP contribution in [0.15, 0.2) is 29.2 Å². The van der Waals surface area contributed by atoms with Gasteiger partial charge in [-0.2, -0.15) is 9.57 Å². The molecule has 0 fully saturated rings. The summed E-state index contributed by atoms with van der Waals surface area (Å²) in [4.78, 5) is 0.180. The zero-order valence-corrected chi connectivity index (χ0v) is 11.0. The van der Waals surface area contributed by atoms with Gasteiger partial charge in [-0.25, -0.2) is 8.42 Å². The van der Waals surface area contributed by atoms with Crippen molar-refractivity contribution in [3.63, 3.8) is 0 Å². The van der Waals surface area contributed by atoms with E-state index < -0.39 is 10.0 Å². The van der Waals surface area contributed by atoms with Crippen molar-refractivity contribution in [2.75, 3.05) is 19.7 Å². The fraction of sp³-hybridized carbons (Fsp3) is 0.417. The first kappa shape index (κ1) is 14.6. The SMILES string of the molecule is CCN(CCO)S(=O)(=O)c1ccc(CC#N)cc1. The summed E-state index contributed by atoms with van der Waals surface area (Å²) >= 11 is 0. The van der Waals surface area contributed by atoms with Gasteiger partial charge in [-0.3, -0.25) is 0 Å². The van der Waals surface area contributed by atoms with E-state index >= 15 is 0 Å². The van der Waals surface area contributed by atoms with E-state index in [4.69, 9.17) is 10.4 Å². The fourth-order valence-corrected chi connectivity index (χ4v) is 3.02. The fourth-order valence-electron chi connectivity index (χ4n) is 1.58. The summed E-state index contributed by atoms with van der Waals surface area (Å²) in [5.74, 6) is 0. The zero-order valence-electron chi connectivity index (χ0n) is 10.2. The topological polar surface area (TPSA) is 81.4 Å². The highest BCUT2D eigenvalue weighted by Gasteiger charge is 2.22. The molecule has 1 aromatic carbocycles. The molecule has 0 saturated heterocycles. The molecule has 98 valence electrons. The molecular weight excluding hydrogens is 252 g/mol. The van der Waals surface area contributed by atoms with Crippen molar-refractivity contribution < 1.29 is 13.5 Å². The molecule has 0 radical (unpaired) electrons. The summed E-state index contributed by atoms with van der Waals surface area (Å²) in [5.41, 5.74) is 0.779. The van der Waals surface area contributed by atoms with Crippen LogP contribution in [0.5, 0.6) is 0 Å². The van der Waals surface area contributed by atoms with Gasteiger partial charge in [0.15, 0.2) is 0 Å². The molecule has 1 N–H and O–H groups in total. The van der Waals surface area contributed by atoms with Gasteiger partial charge in [-0.05, 0) is 17.7 Å². The Morgan fingerprint density at radius 1 is 1.33 bits per heavy atom. The molecular formula is C12H16N2O3S. The number of nitrogens with zero attached hydrogens (tertiary/aromatic N) is 2. The molecule has 5 nitrogen and oxygen atoms in total. The summed E-state index contributed by atoms with van der Waals surface area (Å²) in [6.07, 6.45) is 0.258. The average Bonchev–Trinajstić information content (AvgIpc) is 2.36. The Morgan fingerprint density at radius 3 is 2.39 bits per heavy atom. The second-order valence-corrected chi connectivity index (χ2v) is 5.64. The Bertz CT molecular complexity index is 517. The third kappa shape index (κ3) is 3.29. The van der Waals surface area contributed by atoms with Gasteiger partial charge in [0.05, 0.1) is 24.0 Å². The minimum absolute atomic E-state index is 0.0821. The predicted molar refractivity (Wildman–Crippen MR) is 67.3 cm³/mol. The second kappa shape index (κ2) is 6.50. The van der Waals surface area contributed by atoms with Crippen LogP contribution < -0.4 is 0 Å². The van der Waals surface area contributed by atoms with Crippen LogP contribution in [0.1, 0.15) is 12.5 Å². The van der Waals surface area contributed by atoms with E-state index in [0.29, 0.717) is 6.54 Å². The lowest BCUT2D eigenvalue weighted by molar-refractivity contribution is 0.257. The lowest BCUT2D eigenvalue weighted by atomic mass is 10.2. The molecule has 1 aromatic rings. The Kier molecular flexibility index (Phi) is 5.28. The summed E-state index contributed by atoms with van der Waals surface area (Å²) in [6.45, 7) is 1.90. The predicted octanol–water partition coefficient (Wildman–Crippen LogP) is 0.756. The number of rotatable bonds is 6. The molecule has 0 aliphatic rings. The van der Waals surface area contributed by atoms with Gasteiger partial charge in [0.1, 0.15) is 0 Å². The Balaban J connectivity index is 3.01. The first-order valence-electron chi connectivity index (χ1n) is 5.63. The maximum absolute atomic E-state index is 12.2. The molecule has 0 unspecified atom stereocenters. The van der Waals surface area contributed by atoms with Crippen LogP contribution in [0.3, 0.4) is 0 Å². The van der Waals surface area contributed by atoms with Crippen molar-refractivity contribution in [2.45, 2.75) is 18.2 Å². The molecule has 0 aliphatic carbocycles. The first-order chi connectivity index (χ1) is 8.56. The van der Waals surface area contributed by atoms with Crippen LogP contribution in [-0.4, -0.2) is 37.5 Å². The number of hydrogen-bond acceptors (Lipinski definition) is 4. The molecule has 0 aromatic heterocycles. The first-order valence-corrected chi connectivity index (χ1v) is 7.07. The van der Waals surface area contributed by atoms with E-state index in [-0.39, 0.29) is 24.5 Å². The van der Waals surface area contributed by atoms with Gasteiger partial charge >= 0.3 is 0 Å². The Morgan fingerprint density at radius 2 is 1.94 bits per heavy atom. The highest BCUT2D eigenvalue weighted by Crippen LogP contribution is 2.16. The van der Waals surface area contributed by atoms with Gasteiger partial charge in [0, 0.05) is 13.1 Å². The van der Waals surface area contributed by atoms with E-state index in [1.165, 1.54) is 16.4 Å². The number of aliphatic hydroxyl groups excluding tert-OH is 1. The van der Waals surface area contributed by atoms with Crippen molar-refractivity contribution in [3.8, 4) is 6.07 Å². The highest BCUT2D eigenvalue weighted by molar-refractivity contribution is 7.89. The standard InChI is InChI=1S/C12H16N2O3S/c1-2-14(9-10-15)18(16,17)12-5-3-11(4-6-12)7-8-13/h3-6,15H,2,7,9-10H2,1H3. The molecule has 0 saturated carbocycles. The Labute approximate surface area is 107 Å². The van der Waals surface area contributed by atoms with Crippen molar-refractivity contribution in [2.24, 2.45) is 0 Å². The molecule has 0 aliphatic heterocycles. The van der Waals surface area contributed by atoms with E-state index in [2.05, 4.69) is 0 Å². The number of nitriles is 1. The lowest BCUT2D eigenvalue weighted by Crippen LogP contribution is -2.33. The van der Waals surface area contributed by atoms with Gasteiger partial charge in [0.25, 0.3) is 0 Å². The van der Waals surface area contributed by atoms with E-state index in [9.17, 15) is 8.42 Å². The van der Waals surface area contributed by atoms with Crippen LogP contribution in [0, 0.1) is 11.3 Å². The van der Waals surface area contributed by atoms with E-state index in [1.807, 2.05) is 6.07 Å². The number of hydrogen-bond donors (Lipinski definition) is 1. The van der Waals surface area contributed by atoms with E-state index in [1.54, 1.807) is 19.1 Å². The van der Waals surface area contributed by atoms with Crippen molar-refractivity contribution in [3.05, 3.63) is 29.8 Å². The van der Waals surface area contributed by atoms with Crippen LogP contribution in [0.25, 0.3) is 0 Å². The lowest BCUT2D eigenvalue weighted by Gasteiger charge is -2.19. The van der Waals surface area contributed by atoms with Crippen LogP contribution in [0.2, 0.25) is 0 Å². The van der Waals surface area contributed by atoms with Gasteiger partial charge in [0.2, 0.25) is 10.0 Å². The second-order valence-electron chi connectivity index (χ2n) is 3.70. The minimum atomic E-state index is -3.55. The summed E-state index contributed by atoms with van der Waals surface area (Å²) in [6, 6.07) is 8.24. The smallest absolute Gasteiger partial charge is 0.243 e. The number of benzene rings is 1. The van der Waals surface area contributed by atoms with Crippen molar-refractivity contribution in [1.29, 1.82) is 5.26 Å². The van der Waals surface area contributed by atoms with Gasteiger partial charge < -0.3 is 5.11 Å². The molecule has 0 heterocycles. The maximum Gasteiger partial charge on any atom is 0.243 e. The van der Waals surface area contributed by atoms with Crippen LogP contribution in [0.4, 0.5) is 0 Å². The third-order valence-corrected chi connectivity index (χ3v) is 4.53. The molecule has 6 heteroatoms. The van der Waals surface area contributed by atoms with Gasteiger partial charge in [-0.15, -0.1) is 0 Å². The number of likely N-dealkylation sites (N-methyl/N-ethyl adjacent to an activating group) is 1. The Hall–Kier alpha value is -1.42. The summed E-state index contributed by atoms with van der Waals surface area (Å²) in [7, 11) is -3.55. The average molecular weight is 268 g/mol. The quantitative estimate of drug-likeness (QED) is 0.825. The molecule has 1 rings (SSSR count). The van der Waals surface area contributed by atoms with Crippen LogP contribution in [-0.2, 0) is 16.4 Å². The normalized spacial score (nSPS) is 11.4. The summed E-state index contributed by atoms with van der Waals surface area (Å²) < 4.78 is 25.6. The number of sulfonamides is 1. The van der Waals surface area contributed by atoms with Crippen LogP contribution >= 0.6 is 0 Å². The van der Waals surface area contributed by atoms with E-state index in [0.717, 1.165) is 5.56 Å². The number of aliphatic hydroxyl groups is 1. The molecule has 0 spiro atoms. The minimum Gasteiger partial charge on any atom is -0.395 e. The highest BCUT2D eigenvalue weighted by atomic mass is 32.2. The molecule has 18 heavy (non-hydrogen) atoms. The molecule has 0 amide bonds. The maximum atomic E-state index is 12.2. The van der Waals surface area contributed by atoms with Crippen molar-refractivity contribution >= 4 is 10.0 Å².